The Bertz CT molecular complexity index is 606. The monoisotopic (exact) mass is 304 g/mol. The van der Waals surface area contributed by atoms with Gasteiger partial charge in [-0.15, -0.1) is 0 Å². The molecule has 0 fully saturated rings. The van der Waals surface area contributed by atoms with Crippen molar-refractivity contribution in [2.75, 3.05) is 12.0 Å². The Morgan fingerprint density at radius 1 is 1.19 bits per heavy atom. The van der Waals surface area contributed by atoms with E-state index in [0.717, 1.165) is 11.1 Å². The van der Waals surface area contributed by atoms with Crippen molar-refractivity contribution >= 4 is 23.3 Å². The summed E-state index contributed by atoms with van der Waals surface area (Å²) >= 11 is 6.14. The summed E-state index contributed by atoms with van der Waals surface area (Å²) in [6.45, 7) is 3.93. The zero-order valence-electron chi connectivity index (χ0n) is 11.9. The van der Waals surface area contributed by atoms with Crippen LogP contribution in [0.3, 0.4) is 0 Å². The number of nitrogens with one attached hydrogen (secondary N) is 2. The third kappa shape index (κ3) is 4.39. The standard InChI is InChI=1S/C16H17ClN2O2/c1-11-8-12(2)15(14(17)9-11)19-16(20)18-10-21-13-6-4-3-5-7-13/h3-9H,10H2,1-2H3,(H2,18,19,20). The highest BCUT2D eigenvalue weighted by molar-refractivity contribution is 6.34. The molecule has 0 bridgehead atoms. The first kappa shape index (κ1) is 15.2. The minimum Gasteiger partial charge on any atom is -0.473 e. The number of carbonyl (C=O) groups excluding carboxylic acids is 1. The van der Waals surface area contributed by atoms with E-state index in [9.17, 15) is 4.79 Å². The molecule has 2 aromatic rings. The lowest BCUT2D eigenvalue weighted by atomic mass is 10.1. The Morgan fingerprint density at radius 3 is 2.57 bits per heavy atom. The molecule has 0 aliphatic rings. The van der Waals surface area contributed by atoms with E-state index in [-0.39, 0.29) is 12.8 Å². The van der Waals surface area contributed by atoms with Crippen LogP contribution in [0, 0.1) is 13.8 Å². The Kier molecular flexibility index (Phi) is 5.06. The first-order valence-corrected chi connectivity index (χ1v) is 6.93. The number of amides is 2. The number of benzene rings is 2. The smallest absolute Gasteiger partial charge is 0.321 e. The second kappa shape index (κ2) is 6.99. The van der Waals surface area contributed by atoms with Crippen LogP contribution in [0.25, 0.3) is 0 Å². The van der Waals surface area contributed by atoms with Crippen LogP contribution >= 0.6 is 11.6 Å². The maximum Gasteiger partial charge on any atom is 0.321 e. The van der Waals surface area contributed by atoms with Gasteiger partial charge in [-0.2, -0.15) is 0 Å². The van der Waals surface area contributed by atoms with Gasteiger partial charge in [-0.3, -0.25) is 0 Å². The average Bonchev–Trinajstić information content (AvgIpc) is 2.44. The van der Waals surface area contributed by atoms with Crippen molar-refractivity contribution in [3.05, 3.63) is 58.6 Å². The molecule has 0 unspecified atom stereocenters. The normalized spacial score (nSPS) is 10.0. The predicted octanol–water partition coefficient (Wildman–Crippen LogP) is 4.11. The van der Waals surface area contributed by atoms with E-state index in [0.29, 0.717) is 16.5 Å². The van der Waals surface area contributed by atoms with Crippen molar-refractivity contribution in [3.63, 3.8) is 0 Å². The summed E-state index contributed by atoms with van der Waals surface area (Å²) in [5, 5.41) is 5.87. The largest absolute Gasteiger partial charge is 0.473 e. The second-order valence-corrected chi connectivity index (χ2v) is 5.08. The highest BCUT2D eigenvalue weighted by Crippen LogP contribution is 2.27. The molecule has 0 aliphatic carbocycles. The van der Waals surface area contributed by atoms with E-state index in [1.807, 2.05) is 56.3 Å². The van der Waals surface area contributed by atoms with Crippen LogP contribution in [0.15, 0.2) is 42.5 Å². The summed E-state index contributed by atoms with van der Waals surface area (Å²) in [7, 11) is 0. The fraction of sp³-hybridized carbons (Fsp3) is 0.188. The van der Waals surface area contributed by atoms with Crippen molar-refractivity contribution in [1.82, 2.24) is 5.32 Å². The molecule has 4 nitrogen and oxygen atoms in total. The van der Waals surface area contributed by atoms with Crippen LogP contribution in [-0.2, 0) is 0 Å². The number of ether oxygens (including phenoxy) is 1. The molecule has 21 heavy (non-hydrogen) atoms. The Hall–Kier alpha value is -2.20. The number of aryl methyl sites for hydroxylation is 2. The van der Waals surface area contributed by atoms with E-state index in [2.05, 4.69) is 10.6 Å². The fourth-order valence-electron chi connectivity index (χ4n) is 1.93. The fourth-order valence-corrected chi connectivity index (χ4v) is 2.30. The van der Waals surface area contributed by atoms with Gasteiger partial charge < -0.3 is 15.4 Å². The van der Waals surface area contributed by atoms with E-state index < -0.39 is 0 Å². The van der Waals surface area contributed by atoms with Gasteiger partial charge in [0.25, 0.3) is 0 Å². The van der Waals surface area contributed by atoms with Crippen LogP contribution in [0.1, 0.15) is 11.1 Å². The first-order valence-electron chi connectivity index (χ1n) is 6.55. The topological polar surface area (TPSA) is 50.4 Å². The summed E-state index contributed by atoms with van der Waals surface area (Å²) in [6.07, 6.45) is 0. The van der Waals surface area contributed by atoms with E-state index in [1.165, 1.54) is 0 Å². The number of hydrogen-bond acceptors (Lipinski definition) is 2. The molecule has 0 saturated heterocycles. The summed E-state index contributed by atoms with van der Waals surface area (Å²) in [6, 6.07) is 12.7. The lowest BCUT2D eigenvalue weighted by Crippen LogP contribution is -2.32. The first-order chi connectivity index (χ1) is 10.1. The van der Waals surface area contributed by atoms with Gasteiger partial charge in [-0.1, -0.05) is 35.9 Å². The van der Waals surface area contributed by atoms with E-state index in [1.54, 1.807) is 0 Å². The summed E-state index contributed by atoms with van der Waals surface area (Å²) in [4.78, 5) is 11.8. The van der Waals surface area contributed by atoms with Gasteiger partial charge in [0.1, 0.15) is 5.75 Å². The molecular weight excluding hydrogens is 288 g/mol. The highest BCUT2D eigenvalue weighted by Gasteiger charge is 2.09. The maximum atomic E-state index is 11.8. The number of hydrogen-bond donors (Lipinski definition) is 2. The molecule has 0 atom stereocenters. The molecule has 2 rings (SSSR count). The Morgan fingerprint density at radius 2 is 1.90 bits per heavy atom. The van der Waals surface area contributed by atoms with Crippen LogP contribution in [0.5, 0.6) is 5.75 Å². The molecule has 0 heterocycles. The molecule has 2 N–H and O–H groups in total. The lowest BCUT2D eigenvalue weighted by Gasteiger charge is -2.13. The molecule has 5 heteroatoms. The molecule has 0 radical (unpaired) electrons. The number of carbonyl (C=O) groups is 1. The second-order valence-electron chi connectivity index (χ2n) is 4.67. The molecule has 110 valence electrons. The minimum atomic E-state index is -0.361. The Labute approximate surface area is 129 Å². The quantitative estimate of drug-likeness (QED) is 0.835. The third-order valence-corrected chi connectivity index (χ3v) is 3.18. The number of para-hydroxylation sites is 1. The van der Waals surface area contributed by atoms with Gasteiger partial charge in [0.15, 0.2) is 6.73 Å². The van der Waals surface area contributed by atoms with Gasteiger partial charge in [0.05, 0.1) is 10.7 Å². The van der Waals surface area contributed by atoms with Crippen LogP contribution in [0.2, 0.25) is 5.02 Å². The van der Waals surface area contributed by atoms with Crippen LogP contribution < -0.4 is 15.4 Å². The summed E-state index contributed by atoms with van der Waals surface area (Å²) in [5.74, 6) is 0.697. The van der Waals surface area contributed by atoms with Gasteiger partial charge in [-0.25, -0.2) is 4.79 Å². The van der Waals surface area contributed by atoms with Gasteiger partial charge >= 0.3 is 6.03 Å². The molecule has 2 amide bonds. The number of urea groups is 1. The molecule has 0 spiro atoms. The molecule has 2 aromatic carbocycles. The summed E-state index contributed by atoms with van der Waals surface area (Å²) < 4.78 is 5.39. The van der Waals surface area contributed by atoms with Gasteiger partial charge in [-0.05, 0) is 43.2 Å². The van der Waals surface area contributed by atoms with Gasteiger partial charge in [0.2, 0.25) is 0 Å². The summed E-state index contributed by atoms with van der Waals surface area (Å²) in [5.41, 5.74) is 2.58. The minimum absolute atomic E-state index is 0.0817. The SMILES string of the molecule is Cc1cc(C)c(NC(=O)NCOc2ccccc2)c(Cl)c1. The third-order valence-electron chi connectivity index (χ3n) is 2.89. The Balaban J connectivity index is 1.88. The van der Waals surface area contributed by atoms with Gasteiger partial charge in [0, 0.05) is 0 Å². The van der Waals surface area contributed by atoms with Crippen molar-refractivity contribution in [1.29, 1.82) is 0 Å². The number of anilines is 1. The predicted molar refractivity (Wildman–Crippen MR) is 85.0 cm³/mol. The average molecular weight is 305 g/mol. The van der Waals surface area contributed by atoms with Crippen molar-refractivity contribution < 1.29 is 9.53 Å². The lowest BCUT2D eigenvalue weighted by molar-refractivity contribution is 0.234. The van der Waals surface area contributed by atoms with Crippen molar-refractivity contribution in [2.45, 2.75) is 13.8 Å². The number of rotatable bonds is 4. The highest BCUT2D eigenvalue weighted by atomic mass is 35.5. The zero-order chi connectivity index (χ0) is 15.2. The van der Waals surface area contributed by atoms with Crippen LogP contribution in [0.4, 0.5) is 10.5 Å². The van der Waals surface area contributed by atoms with E-state index in [4.69, 9.17) is 16.3 Å². The molecule has 0 saturated carbocycles. The number of halogens is 1. The van der Waals surface area contributed by atoms with Crippen LogP contribution in [-0.4, -0.2) is 12.8 Å². The van der Waals surface area contributed by atoms with Crippen molar-refractivity contribution in [2.24, 2.45) is 0 Å². The molecule has 0 aliphatic heterocycles. The molecular formula is C16H17ClN2O2. The van der Waals surface area contributed by atoms with Crippen molar-refractivity contribution in [3.8, 4) is 5.75 Å². The maximum absolute atomic E-state index is 11.8. The molecule has 0 aromatic heterocycles. The van der Waals surface area contributed by atoms with E-state index >= 15 is 0 Å². The zero-order valence-corrected chi connectivity index (χ0v) is 12.7.